The van der Waals surface area contributed by atoms with E-state index in [0.717, 1.165) is 23.6 Å². The fourth-order valence-electron chi connectivity index (χ4n) is 2.13. The number of amides is 1. The molecule has 1 aliphatic rings. The van der Waals surface area contributed by atoms with Crippen LogP contribution in [0.4, 0.5) is 5.00 Å². The minimum Gasteiger partial charge on any atom is -0.490 e. The Morgan fingerprint density at radius 2 is 2.17 bits per heavy atom. The van der Waals surface area contributed by atoms with Gasteiger partial charge in [0, 0.05) is 16.0 Å². The number of thiophene rings is 1. The summed E-state index contributed by atoms with van der Waals surface area (Å²) in [6, 6.07) is 0. The molecule has 2 rings (SSSR count). The minimum atomic E-state index is -0.130. The molecule has 1 N–H and O–H groups in total. The maximum Gasteiger partial charge on any atom is 0.251 e. The zero-order valence-electron chi connectivity index (χ0n) is 11.0. The monoisotopic (exact) mass is 265 g/mol. The number of hydrogen-bond donors (Lipinski definition) is 1. The predicted octanol–water partition coefficient (Wildman–Crippen LogP) is 3.54. The topological polar surface area (TPSA) is 38.3 Å². The molecule has 98 valence electrons. The molecule has 1 aliphatic carbocycles. The summed E-state index contributed by atoms with van der Waals surface area (Å²) in [6.07, 6.45) is 4.59. The van der Waals surface area contributed by atoms with Crippen molar-refractivity contribution >= 4 is 22.2 Å². The first kappa shape index (κ1) is 13.1. The third-order valence-electron chi connectivity index (χ3n) is 3.03. The summed E-state index contributed by atoms with van der Waals surface area (Å²) in [5.41, 5.74) is 1.81. The van der Waals surface area contributed by atoms with E-state index in [9.17, 15) is 4.79 Å². The Kier molecular flexibility index (Phi) is 4.07. The second-order valence-corrected chi connectivity index (χ2v) is 5.64. The Bertz CT molecular complexity index is 476. The molecular weight excluding hydrogens is 246 g/mol. The van der Waals surface area contributed by atoms with Crippen LogP contribution in [-0.2, 0) is 17.6 Å². The van der Waals surface area contributed by atoms with Crippen molar-refractivity contribution in [3.8, 4) is 5.75 Å². The van der Waals surface area contributed by atoms with E-state index in [1.165, 1.54) is 23.3 Å². The van der Waals surface area contributed by atoms with E-state index >= 15 is 0 Å². The first-order chi connectivity index (χ1) is 8.63. The number of nitrogens with one attached hydrogen (secondary N) is 1. The molecule has 0 saturated heterocycles. The molecule has 0 unspecified atom stereocenters. The molecule has 4 heteroatoms. The van der Waals surface area contributed by atoms with Crippen molar-refractivity contribution in [2.24, 2.45) is 0 Å². The largest absolute Gasteiger partial charge is 0.490 e. The van der Waals surface area contributed by atoms with Gasteiger partial charge in [-0.3, -0.25) is 4.79 Å². The van der Waals surface area contributed by atoms with Gasteiger partial charge in [-0.2, -0.15) is 0 Å². The van der Waals surface area contributed by atoms with Crippen molar-refractivity contribution in [3.05, 3.63) is 22.6 Å². The van der Waals surface area contributed by atoms with Crippen molar-refractivity contribution in [1.29, 1.82) is 0 Å². The highest BCUT2D eigenvalue weighted by Crippen LogP contribution is 2.43. The van der Waals surface area contributed by atoms with E-state index in [-0.39, 0.29) is 5.91 Å². The van der Waals surface area contributed by atoms with Gasteiger partial charge in [-0.25, -0.2) is 0 Å². The van der Waals surface area contributed by atoms with E-state index < -0.39 is 0 Å². The highest BCUT2D eigenvalue weighted by Gasteiger charge is 2.22. The van der Waals surface area contributed by atoms with Crippen LogP contribution >= 0.6 is 11.3 Å². The zero-order chi connectivity index (χ0) is 13.1. The van der Waals surface area contributed by atoms with E-state index in [1.807, 2.05) is 6.92 Å². The van der Waals surface area contributed by atoms with E-state index in [0.29, 0.717) is 12.2 Å². The minimum absolute atomic E-state index is 0.130. The normalized spacial score (nSPS) is 13.9. The number of carbonyl (C=O) groups is 1. The number of rotatable bonds is 4. The van der Waals surface area contributed by atoms with Crippen molar-refractivity contribution < 1.29 is 9.53 Å². The Morgan fingerprint density at radius 3 is 2.83 bits per heavy atom. The van der Waals surface area contributed by atoms with E-state index in [2.05, 4.69) is 11.9 Å². The molecule has 1 heterocycles. The lowest BCUT2D eigenvalue weighted by Gasteiger charge is -2.13. The summed E-state index contributed by atoms with van der Waals surface area (Å²) in [4.78, 5) is 13.1. The molecule has 0 atom stereocenters. The molecule has 0 bridgehead atoms. The number of aryl methyl sites for hydroxylation is 1. The van der Waals surface area contributed by atoms with E-state index in [4.69, 9.17) is 4.74 Å². The van der Waals surface area contributed by atoms with Gasteiger partial charge in [0.1, 0.15) is 5.00 Å². The maximum absolute atomic E-state index is 11.7. The molecular formula is C14H19NO2S. The van der Waals surface area contributed by atoms with Crippen molar-refractivity contribution in [2.75, 3.05) is 11.9 Å². The number of anilines is 1. The average molecular weight is 265 g/mol. The molecule has 1 aromatic rings. The summed E-state index contributed by atoms with van der Waals surface area (Å²) < 4.78 is 5.72. The van der Waals surface area contributed by atoms with Crippen molar-refractivity contribution in [3.63, 3.8) is 0 Å². The lowest BCUT2D eigenvalue weighted by atomic mass is 9.99. The lowest BCUT2D eigenvalue weighted by Crippen LogP contribution is -2.12. The van der Waals surface area contributed by atoms with Crippen LogP contribution in [0.1, 0.15) is 37.1 Å². The van der Waals surface area contributed by atoms with Crippen molar-refractivity contribution in [2.45, 2.75) is 39.5 Å². The molecule has 0 aromatic carbocycles. The van der Waals surface area contributed by atoms with Crippen LogP contribution in [-0.4, -0.2) is 12.5 Å². The van der Waals surface area contributed by atoms with E-state index in [1.54, 1.807) is 18.3 Å². The summed E-state index contributed by atoms with van der Waals surface area (Å²) in [6.45, 7) is 7.97. The summed E-state index contributed by atoms with van der Waals surface area (Å²) in [7, 11) is 0. The van der Waals surface area contributed by atoms with Crippen LogP contribution in [0, 0.1) is 0 Å². The standard InChI is InChI=1S/C14H19NO2S/c1-4-17-12-10-7-5-6-8-11(10)18-14(12)15-13(16)9(2)3/h2,4-8H2,1,3H3,(H,15,16). The zero-order valence-corrected chi connectivity index (χ0v) is 11.8. The molecule has 0 radical (unpaired) electrons. The molecule has 0 saturated carbocycles. The van der Waals surface area contributed by atoms with Gasteiger partial charge in [-0.05, 0) is 39.5 Å². The Balaban J connectivity index is 2.30. The quantitative estimate of drug-likeness (QED) is 0.846. The lowest BCUT2D eigenvalue weighted by molar-refractivity contribution is -0.112. The van der Waals surface area contributed by atoms with Gasteiger partial charge in [0.25, 0.3) is 5.91 Å². The summed E-state index contributed by atoms with van der Waals surface area (Å²) in [5, 5.41) is 3.75. The predicted molar refractivity (Wildman–Crippen MR) is 75.6 cm³/mol. The Morgan fingerprint density at radius 1 is 1.44 bits per heavy atom. The molecule has 0 spiro atoms. The molecule has 1 amide bonds. The second kappa shape index (κ2) is 5.57. The average Bonchev–Trinajstić information content (AvgIpc) is 2.68. The van der Waals surface area contributed by atoms with Crippen LogP contribution in [0.3, 0.4) is 0 Å². The van der Waals surface area contributed by atoms with Gasteiger partial charge >= 0.3 is 0 Å². The van der Waals surface area contributed by atoms with Gasteiger partial charge in [0.15, 0.2) is 5.75 Å². The second-order valence-electron chi connectivity index (χ2n) is 4.54. The summed E-state index contributed by atoms with van der Waals surface area (Å²) in [5.74, 6) is 0.751. The molecule has 1 aromatic heterocycles. The number of carbonyl (C=O) groups excluding carboxylic acids is 1. The fraction of sp³-hybridized carbons (Fsp3) is 0.500. The molecule has 0 aliphatic heterocycles. The molecule has 3 nitrogen and oxygen atoms in total. The third kappa shape index (κ3) is 2.58. The maximum atomic E-state index is 11.7. The first-order valence-electron chi connectivity index (χ1n) is 6.37. The summed E-state index contributed by atoms with van der Waals surface area (Å²) >= 11 is 1.65. The molecule has 0 fully saturated rings. The van der Waals surface area contributed by atoms with Crippen LogP contribution < -0.4 is 10.1 Å². The SMILES string of the molecule is C=C(C)C(=O)Nc1sc2c(c1OCC)CCCC2. The highest BCUT2D eigenvalue weighted by atomic mass is 32.1. The van der Waals surface area contributed by atoms with Gasteiger partial charge < -0.3 is 10.1 Å². The van der Waals surface area contributed by atoms with Gasteiger partial charge in [-0.15, -0.1) is 11.3 Å². The highest BCUT2D eigenvalue weighted by molar-refractivity contribution is 7.17. The van der Waals surface area contributed by atoms with Crippen LogP contribution in [0.25, 0.3) is 0 Å². The Labute approximate surface area is 112 Å². The third-order valence-corrected chi connectivity index (χ3v) is 4.21. The van der Waals surface area contributed by atoms with Gasteiger partial charge in [0.2, 0.25) is 0 Å². The fourth-order valence-corrected chi connectivity index (χ4v) is 3.36. The van der Waals surface area contributed by atoms with Gasteiger partial charge in [-0.1, -0.05) is 6.58 Å². The number of fused-ring (bicyclic) bond motifs is 1. The number of ether oxygens (including phenoxy) is 1. The number of hydrogen-bond acceptors (Lipinski definition) is 3. The smallest absolute Gasteiger partial charge is 0.251 e. The van der Waals surface area contributed by atoms with Gasteiger partial charge in [0.05, 0.1) is 6.61 Å². The van der Waals surface area contributed by atoms with Crippen LogP contribution in [0.2, 0.25) is 0 Å². The van der Waals surface area contributed by atoms with Crippen LogP contribution in [0.15, 0.2) is 12.2 Å². The van der Waals surface area contributed by atoms with Crippen LogP contribution in [0.5, 0.6) is 5.75 Å². The molecule has 18 heavy (non-hydrogen) atoms. The van der Waals surface area contributed by atoms with Crippen molar-refractivity contribution in [1.82, 2.24) is 0 Å². The first-order valence-corrected chi connectivity index (χ1v) is 7.19. The Hall–Kier alpha value is -1.29.